The fourth-order valence-corrected chi connectivity index (χ4v) is 2.66. The highest BCUT2D eigenvalue weighted by Gasteiger charge is 2.04. The van der Waals surface area contributed by atoms with E-state index in [0.717, 1.165) is 22.0 Å². The maximum atomic E-state index is 4.37. The largest absolute Gasteiger partial charge is 0.240 e. The lowest BCUT2D eigenvalue weighted by Gasteiger charge is -2.02. The van der Waals surface area contributed by atoms with E-state index in [9.17, 15) is 0 Å². The first-order chi connectivity index (χ1) is 9.26. The number of rotatable bonds is 3. The van der Waals surface area contributed by atoms with Gasteiger partial charge in [0, 0.05) is 11.1 Å². The molecule has 0 fully saturated rings. The minimum Gasteiger partial charge on any atom is -0.240 e. The maximum Gasteiger partial charge on any atom is 0.124 e. The van der Waals surface area contributed by atoms with Gasteiger partial charge in [-0.1, -0.05) is 18.7 Å². The van der Waals surface area contributed by atoms with E-state index in [2.05, 4.69) is 34.4 Å². The summed E-state index contributed by atoms with van der Waals surface area (Å²) >= 11 is 1.59. The van der Waals surface area contributed by atoms with Gasteiger partial charge in [0.05, 0.1) is 17.4 Å². The van der Waals surface area contributed by atoms with Gasteiger partial charge in [-0.2, -0.15) is 10.2 Å². The van der Waals surface area contributed by atoms with E-state index in [0.29, 0.717) is 0 Å². The van der Waals surface area contributed by atoms with Crippen molar-refractivity contribution in [1.82, 2.24) is 19.8 Å². The molecule has 0 spiro atoms. The SMILES string of the molecule is CCc1cnn2cc(Sc3ccc(C)nn3)ccc12. The van der Waals surface area contributed by atoms with Crippen LogP contribution in [0.5, 0.6) is 0 Å². The molecule has 0 aliphatic rings. The van der Waals surface area contributed by atoms with E-state index in [1.54, 1.807) is 11.8 Å². The van der Waals surface area contributed by atoms with E-state index in [-0.39, 0.29) is 0 Å². The van der Waals surface area contributed by atoms with Crippen molar-refractivity contribution in [2.45, 2.75) is 30.2 Å². The Morgan fingerprint density at radius 3 is 2.79 bits per heavy atom. The average Bonchev–Trinajstić information content (AvgIpc) is 2.83. The molecule has 3 heterocycles. The monoisotopic (exact) mass is 270 g/mol. The van der Waals surface area contributed by atoms with Gasteiger partial charge in [-0.3, -0.25) is 0 Å². The molecule has 19 heavy (non-hydrogen) atoms. The van der Waals surface area contributed by atoms with E-state index in [4.69, 9.17) is 0 Å². The number of hydrogen-bond acceptors (Lipinski definition) is 4. The second kappa shape index (κ2) is 5.01. The second-order valence-electron chi connectivity index (χ2n) is 4.33. The molecule has 0 radical (unpaired) electrons. The lowest BCUT2D eigenvalue weighted by molar-refractivity contribution is 0.893. The minimum atomic E-state index is 0.896. The maximum absolute atomic E-state index is 4.37. The molecule has 3 rings (SSSR count). The molecule has 0 aliphatic heterocycles. The molecule has 0 aromatic carbocycles. The Kier molecular flexibility index (Phi) is 3.21. The summed E-state index contributed by atoms with van der Waals surface area (Å²) in [7, 11) is 0. The van der Waals surface area contributed by atoms with Gasteiger partial charge >= 0.3 is 0 Å². The summed E-state index contributed by atoms with van der Waals surface area (Å²) < 4.78 is 1.92. The van der Waals surface area contributed by atoms with Gasteiger partial charge in [-0.05, 0) is 43.2 Å². The Labute approximate surface area is 115 Å². The van der Waals surface area contributed by atoms with Gasteiger partial charge < -0.3 is 0 Å². The van der Waals surface area contributed by atoms with Crippen LogP contribution in [0.4, 0.5) is 0 Å². The predicted molar refractivity (Wildman–Crippen MR) is 75.5 cm³/mol. The first-order valence-corrected chi connectivity index (χ1v) is 7.02. The van der Waals surface area contributed by atoms with Crippen LogP contribution < -0.4 is 0 Å². The highest BCUT2D eigenvalue weighted by molar-refractivity contribution is 7.99. The molecule has 5 heteroatoms. The third kappa shape index (κ3) is 2.46. The second-order valence-corrected chi connectivity index (χ2v) is 5.43. The fourth-order valence-electron chi connectivity index (χ4n) is 1.91. The van der Waals surface area contributed by atoms with E-state index >= 15 is 0 Å². The number of fused-ring (bicyclic) bond motifs is 1. The van der Waals surface area contributed by atoms with Crippen LogP contribution in [0.15, 0.2) is 46.6 Å². The van der Waals surface area contributed by atoms with E-state index in [1.807, 2.05) is 36.0 Å². The molecule has 96 valence electrons. The first kappa shape index (κ1) is 12.2. The van der Waals surface area contributed by atoms with Crippen LogP contribution in [0.2, 0.25) is 0 Å². The molecule has 0 saturated carbocycles. The number of nitrogens with zero attached hydrogens (tertiary/aromatic N) is 4. The Bertz CT molecular complexity index is 703. The summed E-state index contributed by atoms with van der Waals surface area (Å²) in [5.74, 6) is 0. The van der Waals surface area contributed by atoms with Gasteiger partial charge in [0.25, 0.3) is 0 Å². The zero-order valence-corrected chi connectivity index (χ0v) is 11.7. The van der Waals surface area contributed by atoms with Crippen molar-refractivity contribution >= 4 is 17.3 Å². The topological polar surface area (TPSA) is 43.1 Å². The number of hydrogen-bond donors (Lipinski definition) is 0. The molecular formula is C14H14N4S. The Balaban J connectivity index is 1.91. The smallest absolute Gasteiger partial charge is 0.124 e. The van der Waals surface area contributed by atoms with Crippen molar-refractivity contribution in [3.8, 4) is 0 Å². The fraction of sp³-hybridized carbons (Fsp3) is 0.214. The van der Waals surface area contributed by atoms with Crippen LogP contribution in [0.3, 0.4) is 0 Å². The van der Waals surface area contributed by atoms with Gasteiger partial charge in [-0.25, -0.2) is 4.52 Å². The summed E-state index contributed by atoms with van der Waals surface area (Å²) in [6.45, 7) is 4.07. The number of aromatic nitrogens is 4. The van der Waals surface area contributed by atoms with Gasteiger partial charge in [-0.15, -0.1) is 5.10 Å². The van der Waals surface area contributed by atoms with Crippen molar-refractivity contribution in [1.29, 1.82) is 0 Å². The molecule has 0 unspecified atom stereocenters. The molecule has 3 aromatic rings. The molecule has 4 nitrogen and oxygen atoms in total. The third-order valence-corrected chi connectivity index (χ3v) is 3.85. The van der Waals surface area contributed by atoms with E-state index < -0.39 is 0 Å². The highest BCUT2D eigenvalue weighted by Crippen LogP contribution is 2.26. The number of aryl methyl sites for hydroxylation is 2. The minimum absolute atomic E-state index is 0.896. The molecule has 0 bridgehead atoms. The van der Waals surface area contributed by atoms with Crippen LogP contribution in [-0.2, 0) is 6.42 Å². The molecule has 0 saturated heterocycles. The standard InChI is InChI=1S/C14H14N4S/c1-3-11-8-15-18-9-12(5-6-13(11)18)19-14-7-4-10(2)16-17-14/h4-9H,3H2,1-2H3. The zero-order chi connectivity index (χ0) is 13.2. The molecule has 0 aliphatic carbocycles. The summed E-state index contributed by atoms with van der Waals surface area (Å²) in [6, 6.07) is 8.16. The lowest BCUT2D eigenvalue weighted by atomic mass is 10.2. The van der Waals surface area contributed by atoms with E-state index in [1.165, 1.54) is 11.1 Å². The lowest BCUT2D eigenvalue weighted by Crippen LogP contribution is -1.90. The highest BCUT2D eigenvalue weighted by atomic mass is 32.2. The van der Waals surface area contributed by atoms with Crippen molar-refractivity contribution in [2.75, 3.05) is 0 Å². The molecule has 0 atom stereocenters. The zero-order valence-electron chi connectivity index (χ0n) is 10.9. The third-order valence-electron chi connectivity index (χ3n) is 2.95. The van der Waals surface area contributed by atoms with Crippen molar-refractivity contribution in [3.63, 3.8) is 0 Å². The number of pyridine rings is 1. The summed E-state index contributed by atoms with van der Waals surface area (Å²) in [6.07, 6.45) is 4.95. The van der Waals surface area contributed by atoms with Crippen LogP contribution in [0.1, 0.15) is 18.2 Å². The van der Waals surface area contributed by atoms with Crippen LogP contribution in [0, 0.1) is 6.92 Å². The Morgan fingerprint density at radius 2 is 2.05 bits per heavy atom. The summed E-state index contributed by atoms with van der Waals surface area (Å²) in [5, 5.41) is 13.5. The van der Waals surface area contributed by atoms with Gasteiger partial charge in [0.1, 0.15) is 5.03 Å². The summed E-state index contributed by atoms with van der Waals surface area (Å²) in [4.78, 5) is 1.11. The van der Waals surface area contributed by atoms with Crippen molar-refractivity contribution < 1.29 is 0 Å². The molecule has 0 amide bonds. The quantitative estimate of drug-likeness (QED) is 0.733. The molecule has 3 aromatic heterocycles. The normalized spacial score (nSPS) is 11.1. The summed E-state index contributed by atoms with van der Waals surface area (Å²) in [5.41, 5.74) is 3.37. The van der Waals surface area contributed by atoms with Gasteiger partial charge in [0.2, 0.25) is 0 Å². The first-order valence-electron chi connectivity index (χ1n) is 6.20. The van der Waals surface area contributed by atoms with Gasteiger partial charge in [0.15, 0.2) is 0 Å². The van der Waals surface area contributed by atoms with Crippen molar-refractivity contribution in [2.24, 2.45) is 0 Å². The predicted octanol–water partition coefficient (Wildman–Crippen LogP) is 3.15. The van der Waals surface area contributed by atoms with Crippen LogP contribution in [0.25, 0.3) is 5.52 Å². The molecule has 0 N–H and O–H groups in total. The molecular weight excluding hydrogens is 256 g/mol. The Hall–Kier alpha value is -1.88. The van der Waals surface area contributed by atoms with Crippen molar-refractivity contribution in [3.05, 3.63) is 47.9 Å². The Morgan fingerprint density at radius 1 is 1.16 bits per heavy atom. The van der Waals surface area contributed by atoms with Crippen LogP contribution in [-0.4, -0.2) is 19.8 Å². The van der Waals surface area contributed by atoms with Crippen LogP contribution >= 0.6 is 11.8 Å². The average molecular weight is 270 g/mol.